The fraction of sp³-hybridized carbons (Fsp3) is 0.158. The third-order valence-electron chi connectivity index (χ3n) is 3.81. The van der Waals surface area contributed by atoms with Gasteiger partial charge in [-0.25, -0.2) is 4.79 Å². The quantitative estimate of drug-likeness (QED) is 0.694. The summed E-state index contributed by atoms with van der Waals surface area (Å²) < 4.78 is 10.6. The van der Waals surface area contributed by atoms with Crippen LogP contribution in [0.2, 0.25) is 5.02 Å². The zero-order valence-electron chi connectivity index (χ0n) is 13.7. The first-order valence-electron chi connectivity index (χ1n) is 7.71. The maximum Gasteiger partial charge on any atom is 0.375 e. The van der Waals surface area contributed by atoms with Gasteiger partial charge in [0.05, 0.1) is 0 Å². The maximum absolute atomic E-state index is 12.3. The fourth-order valence-electron chi connectivity index (χ4n) is 2.33. The van der Waals surface area contributed by atoms with E-state index >= 15 is 0 Å². The molecule has 1 N–H and O–H groups in total. The number of fused-ring (bicyclic) bond motifs is 1. The number of furan rings is 1. The van der Waals surface area contributed by atoms with E-state index in [4.69, 9.17) is 20.8 Å². The van der Waals surface area contributed by atoms with Gasteiger partial charge in [-0.1, -0.05) is 35.9 Å². The topological polar surface area (TPSA) is 68.5 Å². The number of carbonyl (C=O) groups is 2. The minimum absolute atomic E-state index is 0.0554. The lowest BCUT2D eigenvalue weighted by Crippen LogP contribution is -2.30. The lowest BCUT2D eigenvalue weighted by molar-refractivity contribution is -0.123. The van der Waals surface area contributed by atoms with Crippen molar-refractivity contribution in [1.82, 2.24) is 0 Å². The second-order valence-corrected chi connectivity index (χ2v) is 6.00. The van der Waals surface area contributed by atoms with Gasteiger partial charge in [-0.2, -0.15) is 0 Å². The van der Waals surface area contributed by atoms with E-state index in [0.717, 1.165) is 10.9 Å². The van der Waals surface area contributed by atoms with Crippen LogP contribution >= 0.6 is 11.6 Å². The molecule has 3 rings (SSSR count). The molecule has 1 heterocycles. The van der Waals surface area contributed by atoms with E-state index in [2.05, 4.69) is 5.32 Å². The minimum atomic E-state index is -0.987. The number of para-hydroxylation sites is 1. The van der Waals surface area contributed by atoms with E-state index in [1.54, 1.807) is 37.3 Å². The molecule has 1 amide bonds. The summed E-state index contributed by atoms with van der Waals surface area (Å²) in [7, 11) is 0. The molecular formula is C19H16ClNO4. The lowest BCUT2D eigenvalue weighted by Gasteiger charge is -2.14. The lowest BCUT2D eigenvalue weighted by atomic mass is 10.2. The van der Waals surface area contributed by atoms with Crippen molar-refractivity contribution >= 4 is 40.1 Å². The highest BCUT2D eigenvalue weighted by molar-refractivity contribution is 6.31. The largest absolute Gasteiger partial charge is 0.449 e. The Morgan fingerprint density at radius 2 is 1.92 bits per heavy atom. The van der Waals surface area contributed by atoms with E-state index in [1.165, 1.54) is 6.92 Å². The Hall–Kier alpha value is -2.79. The Balaban J connectivity index is 1.68. The van der Waals surface area contributed by atoms with Crippen LogP contribution in [0.1, 0.15) is 23.0 Å². The van der Waals surface area contributed by atoms with E-state index in [-0.39, 0.29) is 5.76 Å². The van der Waals surface area contributed by atoms with Crippen molar-refractivity contribution in [3.8, 4) is 0 Å². The molecule has 0 radical (unpaired) electrons. The van der Waals surface area contributed by atoms with Crippen LogP contribution in [0.4, 0.5) is 5.69 Å². The smallest absolute Gasteiger partial charge is 0.375 e. The molecule has 1 aromatic heterocycles. The molecule has 3 aromatic rings. The molecule has 5 nitrogen and oxygen atoms in total. The van der Waals surface area contributed by atoms with Gasteiger partial charge in [0.15, 0.2) is 6.10 Å². The number of nitrogens with one attached hydrogen (secondary N) is 1. The van der Waals surface area contributed by atoms with Gasteiger partial charge in [0, 0.05) is 16.1 Å². The molecule has 0 bridgehead atoms. The van der Waals surface area contributed by atoms with Gasteiger partial charge < -0.3 is 14.5 Å². The monoisotopic (exact) mass is 357 g/mol. The van der Waals surface area contributed by atoms with Crippen LogP contribution in [0, 0.1) is 6.92 Å². The maximum atomic E-state index is 12.3. The van der Waals surface area contributed by atoms with Gasteiger partial charge in [0.2, 0.25) is 5.76 Å². The van der Waals surface area contributed by atoms with Crippen molar-refractivity contribution in [2.75, 3.05) is 5.32 Å². The molecule has 2 aromatic carbocycles. The predicted octanol–water partition coefficient (Wildman–Crippen LogP) is 4.58. The third kappa shape index (κ3) is 3.67. The highest BCUT2D eigenvalue weighted by Gasteiger charge is 2.22. The van der Waals surface area contributed by atoms with Crippen molar-refractivity contribution < 1.29 is 18.7 Å². The second kappa shape index (κ2) is 6.99. The molecule has 0 spiro atoms. The van der Waals surface area contributed by atoms with Gasteiger partial charge in [0.25, 0.3) is 5.91 Å². The Labute approximate surface area is 149 Å². The molecule has 128 valence electrons. The van der Waals surface area contributed by atoms with Crippen LogP contribution in [0.25, 0.3) is 11.0 Å². The number of anilines is 1. The first-order valence-corrected chi connectivity index (χ1v) is 8.09. The Bertz CT molecular complexity index is 915. The van der Waals surface area contributed by atoms with Crippen LogP contribution < -0.4 is 5.32 Å². The Morgan fingerprint density at radius 1 is 1.16 bits per heavy atom. The summed E-state index contributed by atoms with van der Waals surface area (Å²) in [6.07, 6.45) is -0.987. The van der Waals surface area contributed by atoms with Crippen LogP contribution in [-0.2, 0) is 9.53 Å². The molecule has 0 fully saturated rings. The summed E-state index contributed by atoms with van der Waals surface area (Å²) in [5.41, 5.74) is 1.90. The zero-order chi connectivity index (χ0) is 18.0. The average molecular weight is 358 g/mol. The summed E-state index contributed by atoms with van der Waals surface area (Å²) in [5, 5.41) is 4.04. The van der Waals surface area contributed by atoms with Gasteiger partial charge >= 0.3 is 5.97 Å². The number of ether oxygens (including phenoxy) is 1. The number of hydrogen-bond donors (Lipinski definition) is 1. The highest BCUT2D eigenvalue weighted by Crippen LogP contribution is 2.23. The SMILES string of the molecule is Cc1c(Cl)cccc1NC(=O)[C@@H](C)OC(=O)c1cc2ccccc2o1. The number of carbonyl (C=O) groups excluding carboxylic acids is 2. The van der Waals surface area contributed by atoms with Crippen molar-refractivity contribution in [2.24, 2.45) is 0 Å². The van der Waals surface area contributed by atoms with E-state index in [9.17, 15) is 9.59 Å². The number of halogens is 1. The van der Waals surface area contributed by atoms with E-state index in [0.29, 0.717) is 16.3 Å². The molecule has 1 atom stereocenters. The summed E-state index contributed by atoms with van der Waals surface area (Å²) >= 11 is 6.03. The molecule has 0 aliphatic carbocycles. The second-order valence-electron chi connectivity index (χ2n) is 5.60. The summed E-state index contributed by atoms with van der Waals surface area (Å²) in [5.74, 6) is -1.09. The average Bonchev–Trinajstić information content (AvgIpc) is 3.03. The van der Waals surface area contributed by atoms with Crippen LogP contribution in [0.15, 0.2) is 52.9 Å². The fourth-order valence-corrected chi connectivity index (χ4v) is 2.51. The molecule has 0 aliphatic rings. The molecular weight excluding hydrogens is 342 g/mol. The van der Waals surface area contributed by atoms with Crippen molar-refractivity contribution in [2.45, 2.75) is 20.0 Å². The van der Waals surface area contributed by atoms with Crippen molar-refractivity contribution in [3.05, 3.63) is 64.9 Å². The van der Waals surface area contributed by atoms with Gasteiger partial charge in [-0.15, -0.1) is 0 Å². The molecule has 0 unspecified atom stereocenters. The number of benzene rings is 2. The molecule has 0 saturated carbocycles. The normalized spacial score (nSPS) is 12.0. The summed E-state index contributed by atoms with van der Waals surface area (Å²) in [4.78, 5) is 24.4. The van der Waals surface area contributed by atoms with Crippen LogP contribution in [0.3, 0.4) is 0 Å². The third-order valence-corrected chi connectivity index (χ3v) is 4.21. The number of esters is 1. The molecule has 25 heavy (non-hydrogen) atoms. The number of hydrogen-bond acceptors (Lipinski definition) is 4. The summed E-state index contributed by atoms with van der Waals surface area (Å²) in [6, 6.07) is 14.0. The van der Waals surface area contributed by atoms with E-state index < -0.39 is 18.0 Å². The van der Waals surface area contributed by atoms with Crippen LogP contribution in [-0.4, -0.2) is 18.0 Å². The van der Waals surface area contributed by atoms with Crippen LogP contribution in [0.5, 0.6) is 0 Å². The Morgan fingerprint density at radius 3 is 2.68 bits per heavy atom. The van der Waals surface area contributed by atoms with E-state index in [1.807, 2.05) is 18.2 Å². The predicted molar refractivity (Wildman–Crippen MR) is 95.9 cm³/mol. The molecule has 0 saturated heterocycles. The van der Waals surface area contributed by atoms with Gasteiger partial charge in [-0.05, 0) is 43.7 Å². The highest BCUT2D eigenvalue weighted by atomic mass is 35.5. The first kappa shape index (κ1) is 17.0. The van der Waals surface area contributed by atoms with Crippen molar-refractivity contribution in [1.29, 1.82) is 0 Å². The number of amides is 1. The molecule has 0 aliphatic heterocycles. The minimum Gasteiger partial charge on any atom is -0.449 e. The Kier molecular flexibility index (Phi) is 4.76. The first-order chi connectivity index (χ1) is 12.0. The van der Waals surface area contributed by atoms with Crippen molar-refractivity contribution in [3.63, 3.8) is 0 Å². The molecule has 6 heteroatoms. The number of rotatable bonds is 4. The standard InChI is InChI=1S/C19H16ClNO4/c1-11-14(20)7-5-8-15(11)21-18(22)12(2)24-19(23)17-10-13-6-3-4-9-16(13)25-17/h3-10,12H,1-2H3,(H,21,22)/t12-/m1/s1. The van der Waals surface area contributed by atoms with Gasteiger partial charge in [0.1, 0.15) is 5.58 Å². The zero-order valence-corrected chi connectivity index (χ0v) is 14.5. The summed E-state index contributed by atoms with van der Waals surface area (Å²) in [6.45, 7) is 3.29. The van der Waals surface area contributed by atoms with Gasteiger partial charge in [-0.3, -0.25) is 4.79 Å².